The third kappa shape index (κ3) is 9.74. The van der Waals surface area contributed by atoms with E-state index in [2.05, 4.69) is 27.2 Å². The average molecular weight is 643 g/mol. The van der Waals surface area contributed by atoms with Crippen LogP contribution in [0.25, 0.3) is 0 Å². The fourth-order valence-corrected chi connectivity index (χ4v) is 6.20. The van der Waals surface area contributed by atoms with E-state index >= 15 is 0 Å². The number of hydrogen-bond acceptors (Lipinski definition) is 8. The highest BCUT2D eigenvalue weighted by molar-refractivity contribution is 9.10. The molecule has 1 atom stereocenters. The van der Waals surface area contributed by atoms with Gasteiger partial charge in [-0.15, -0.1) is 0 Å². The molecule has 1 saturated heterocycles. The number of benzene rings is 1. The van der Waals surface area contributed by atoms with E-state index in [0.29, 0.717) is 10.9 Å². The number of carbonyl (C=O) groups excluding carboxylic acids is 1. The maximum atomic E-state index is 14.4. The first-order valence-electron chi connectivity index (χ1n) is 12.1. The molecule has 0 aromatic heterocycles. The molecular formula is C24H41BrFN5O7S. The molecule has 2 rings (SSSR count). The van der Waals surface area contributed by atoms with Gasteiger partial charge >= 0.3 is 12.2 Å². The lowest BCUT2D eigenvalue weighted by Gasteiger charge is -2.47. The molecule has 224 valence electrons. The predicted octanol–water partition coefficient (Wildman–Crippen LogP) is 4.05. The van der Waals surface area contributed by atoms with Gasteiger partial charge in [0.25, 0.3) is 0 Å². The molecule has 2 amide bonds. The first kappa shape index (κ1) is 34.8. The van der Waals surface area contributed by atoms with E-state index in [1.54, 1.807) is 20.8 Å². The maximum Gasteiger partial charge on any atom is 0.425 e. The van der Waals surface area contributed by atoms with Gasteiger partial charge in [-0.2, -0.15) is 4.31 Å². The Morgan fingerprint density at radius 3 is 2.18 bits per heavy atom. The van der Waals surface area contributed by atoms with Crippen molar-refractivity contribution >= 4 is 38.1 Å². The molecule has 39 heavy (non-hydrogen) atoms. The van der Waals surface area contributed by atoms with E-state index in [1.807, 2.05) is 34.6 Å². The predicted molar refractivity (Wildman–Crippen MR) is 148 cm³/mol. The summed E-state index contributed by atoms with van der Waals surface area (Å²) in [6.45, 7) is 15.3. The number of sulfonamides is 1. The number of hydrazine groups is 2. The molecule has 1 heterocycles. The largest absolute Gasteiger partial charge is 0.492 e. The Hall–Kier alpha value is -2.20. The molecule has 1 fully saturated rings. The van der Waals surface area contributed by atoms with Crippen molar-refractivity contribution in [2.45, 2.75) is 83.9 Å². The van der Waals surface area contributed by atoms with Gasteiger partial charge in [0.2, 0.25) is 10.0 Å². The minimum Gasteiger partial charge on any atom is -0.492 e. The average Bonchev–Trinajstić information content (AvgIpc) is 2.75. The minimum atomic E-state index is -4.04. The number of nitrogens with one attached hydrogen (secondary N) is 2. The normalized spacial score (nSPS) is 17.9. The Bertz CT molecular complexity index is 1140. The number of nitrogens with zero attached hydrogens (tertiary/aromatic N) is 2. The first-order valence-corrected chi connectivity index (χ1v) is 14.3. The van der Waals surface area contributed by atoms with E-state index in [4.69, 9.17) is 19.4 Å². The Kier molecular flexibility index (Phi) is 11.6. The number of nitrogens with two attached hydrogens (primary N) is 1. The molecule has 5 N–H and O–H groups in total. The summed E-state index contributed by atoms with van der Waals surface area (Å²) >= 11 is 3.17. The fraction of sp³-hybridized carbons (Fsp3) is 0.667. The first-order chi connectivity index (χ1) is 17.6. The van der Waals surface area contributed by atoms with Crippen molar-refractivity contribution in [1.82, 2.24) is 20.2 Å². The van der Waals surface area contributed by atoms with Crippen LogP contribution in [-0.2, 0) is 14.8 Å². The van der Waals surface area contributed by atoms with Crippen LogP contribution in [-0.4, -0.2) is 72.4 Å². The van der Waals surface area contributed by atoms with Crippen molar-refractivity contribution in [3.8, 4) is 5.75 Å². The molecule has 0 bridgehead atoms. The Morgan fingerprint density at radius 2 is 1.77 bits per heavy atom. The zero-order valence-corrected chi connectivity index (χ0v) is 26.3. The summed E-state index contributed by atoms with van der Waals surface area (Å²) in [5.41, 5.74) is 2.95. The van der Waals surface area contributed by atoms with Crippen LogP contribution in [0.15, 0.2) is 21.5 Å². The van der Waals surface area contributed by atoms with Gasteiger partial charge in [-0.05, 0) is 65.5 Å². The molecule has 15 heteroatoms. The molecule has 12 nitrogen and oxygen atoms in total. The second kappa shape index (κ2) is 13.0. The van der Waals surface area contributed by atoms with Gasteiger partial charge in [0.15, 0.2) is 11.6 Å². The van der Waals surface area contributed by atoms with E-state index in [0.717, 1.165) is 6.07 Å². The summed E-state index contributed by atoms with van der Waals surface area (Å²) in [5.74, 6) is 3.25. The quantitative estimate of drug-likeness (QED) is 0.211. The number of rotatable bonds is 5. The van der Waals surface area contributed by atoms with E-state index in [1.165, 1.54) is 27.9 Å². The van der Waals surface area contributed by atoms with Crippen LogP contribution in [0.4, 0.5) is 14.0 Å². The lowest BCUT2D eigenvalue weighted by atomic mass is 9.80. The van der Waals surface area contributed by atoms with Crippen LogP contribution >= 0.6 is 15.9 Å². The van der Waals surface area contributed by atoms with Crippen molar-refractivity contribution in [3.05, 3.63) is 22.4 Å². The van der Waals surface area contributed by atoms with Crippen molar-refractivity contribution in [1.29, 1.82) is 0 Å². The number of amides is 2. The van der Waals surface area contributed by atoms with Crippen LogP contribution in [0.3, 0.4) is 0 Å². The van der Waals surface area contributed by atoms with Crippen LogP contribution in [0, 0.1) is 11.2 Å². The van der Waals surface area contributed by atoms with E-state index < -0.39 is 44.6 Å². The van der Waals surface area contributed by atoms with Gasteiger partial charge in [-0.25, -0.2) is 38.7 Å². The highest BCUT2D eigenvalue weighted by Gasteiger charge is 2.44. The van der Waals surface area contributed by atoms with Gasteiger partial charge in [-0.3, -0.25) is 5.43 Å². The highest BCUT2D eigenvalue weighted by atomic mass is 79.9. The molecule has 1 aliphatic heterocycles. The number of halogens is 2. The third-order valence-electron chi connectivity index (χ3n) is 5.65. The molecule has 1 unspecified atom stereocenters. The Balaban J connectivity index is 0.00000139. The van der Waals surface area contributed by atoms with Crippen molar-refractivity contribution in [2.75, 3.05) is 20.2 Å². The van der Waals surface area contributed by atoms with Crippen molar-refractivity contribution in [3.63, 3.8) is 0 Å². The van der Waals surface area contributed by atoms with Gasteiger partial charge < -0.3 is 14.6 Å². The molecule has 0 radical (unpaired) electrons. The maximum absolute atomic E-state index is 14.4. The highest BCUT2D eigenvalue weighted by Crippen LogP contribution is 2.37. The molecule has 0 spiro atoms. The number of piperidine rings is 1. The summed E-state index contributed by atoms with van der Waals surface area (Å²) in [5, 5.41) is 8.96. The molecule has 1 aliphatic rings. The SMILES string of the molecule is COc1c(F)cc(Br)cc1S(=O)(=O)N1CCC(NN(C(=O)OC(C)(C)C)C(C)(C)C)C(C)(C)C1.NNC(=O)O. The minimum absolute atomic E-state index is 0.163. The second-order valence-corrected chi connectivity index (χ2v) is 14.5. The smallest absolute Gasteiger partial charge is 0.425 e. The monoisotopic (exact) mass is 641 g/mol. The standard InChI is InChI=1S/C23H37BrFN3O5S.CH4N2O2/c1-21(2,3)28(20(29)33-22(4,5)6)26-18-10-11-27(14-23(18,7)8)34(30,31)17-13-15(24)12-16(25)19(17)32-9;2-3-1(4)5/h12-13,18,26H,10-11,14H2,1-9H3;3H,2H2,(H,4,5). The summed E-state index contributed by atoms with van der Waals surface area (Å²) in [6.07, 6.45) is -1.29. The van der Waals surface area contributed by atoms with Gasteiger partial charge in [0, 0.05) is 23.6 Å². The number of methoxy groups -OCH3 is 1. The lowest BCUT2D eigenvalue weighted by molar-refractivity contribution is -0.0327. The second-order valence-electron chi connectivity index (χ2n) is 11.7. The van der Waals surface area contributed by atoms with Gasteiger partial charge in [0.05, 0.1) is 12.6 Å². The summed E-state index contributed by atoms with van der Waals surface area (Å²) in [4.78, 5) is 21.8. The molecule has 0 aliphatic carbocycles. The fourth-order valence-electron chi connectivity index (χ4n) is 3.80. The van der Waals surface area contributed by atoms with Crippen molar-refractivity contribution < 1.29 is 37.0 Å². The summed E-state index contributed by atoms with van der Waals surface area (Å²) < 4.78 is 53.6. The van der Waals surface area contributed by atoms with Gasteiger partial charge in [-0.1, -0.05) is 29.8 Å². The molecular weight excluding hydrogens is 601 g/mol. The van der Waals surface area contributed by atoms with Crippen LogP contribution in [0.2, 0.25) is 0 Å². The zero-order valence-electron chi connectivity index (χ0n) is 23.9. The summed E-state index contributed by atoms with van der Waals surface area (Å²) in [6, 6.07) is 2.29. The van der Waals surface area contributed by atoms with Crippen LogP contribution in [0.5, 0.6) is 5.75 Å². The summed E-state index contributed by atoms with van der Waals surface area (Å²) in [7, 11) is -2.80. The Labute approximate surface area is 238 Å². The topological polar surface area (TPSA) is 164 Å². The van der Waals surface area contributed by atoms with Crippen LogP contribution < -0.4 is 21.4 Å². The van der Waals surface area contributed by atoms with Crippen LogP contribution in [0.1, 0.15) is 61.8 Å². The van der Waals surface area contributed by atoms with Gasteiger partial charge in [0.1, 0.15) is 10.5 Å². The zero-order chi connectivity index (χ0) is 30.6. The Morgan fingerprint density at radius 1 is 1.23 bits per heavy atom. The molecule has 1 aromatic rings. The molecule has 0 saturated carbocycles. The molecule has 1 aromatic carbocycles. The number of carboxylic acid groups (broad SMARTS) is 1. The lowest BCUT2D eigenvalue weighted by Crippen LogP contribution is -2.64. The van der Waals surface area contributed by atoms with Crippen molar-refractivity contribution in [2.24, 2.45) is 11.3 Å². The van der Waals surface area contributed by atoms with E-state index in [9.17, 15) is 17.6 Å². The number of carbonyl (C=O) groups is 2. The number of ether oxygens (including phenoxy) is 2. The van der Waals surface area contributed by atoms with E-state index in [-0.39, 0.29) is 29.8 Å². The number of hydrogen-bond donors (Lipinski definition) is 4. The third-order valence-corrected chi connectivity index (χ3v) is 7.95.